The average Bonchev–Trinajstić information content (AvgIpc) is 2.64. The van der Waals surface area contributed by atoms with E-state index in [0.717, 1.165) is 13.1 Å². The van der Waals surface area contributed by atoms with Crippen LogP contribution in [0.4, 0.5) is 0 Å². The summed E-state index contributed by atoms with van der Waals surface area (Å²) in [5.74, 6) is 0. The summed E-state index contributed by atoms with van der Waals surface area (Å²) in [7, 11) is 0. The number of alkyl halides is 1. The molecule has 0 N–H and O–H groups in total. The molecule has 0 aliphatic carbocycles. The van der Waals surface area contributed by atoms with Crippen molar-refractivity contribution in [3.8, 4) is 0 Å². The highest BCUT2D eigenvalue weighted by Crippen LogP contribution is 2.20. The molecule has 0 bridgehead atoms. The molecule has 0 fully saturated rings. The summed E-state index contributed by atoms with van der Waals surface area (Å²) in [6, 6.07) is 0. The van der Waals surface area contributed by atoms with Crippen LogP contribution in [0.2, 0.25) is 0 Å². The highest BCUT2D eigenvalue weighted by molar-refractivity contribution is 14.1. The van der Waals surface area contributed by atoms with E-state index in [1.54, 1.807) is 0 Å². The predicted octanol–water partition coefficient (Wildman–Crippen LogP) is 3.65. The standard InChI is InChI=1S/C12H24IN3/c1-3-5-7-8-10-16-12(13)15(11-14-16)9-6-4-2/h11-12H,3-10H2,1-2H3. The normalized spacial score (nSPS) is 19.8. The zero-order chi connectivity index (χ0) is 11.8. The lowest BCUT2D eigenvalue weighted by molar-refractivity contribution is 0.213. The molecule has 1 atom stereocenters. The van der Waals surface area contributed by atoms with E-state index in [9.17, 15) is 0 Å². The Hall–Kier alpha value is 0. The van der Waals surface area contributed by atoms with Crippen LogP contribution in [0.25, 0.3) is 0 Å². The predicted molar refractivity (Wildman–Crippen MR) is 78.8 cm³/mol. The van der Waals surface area contributed by atoms with E-state index in [0.29, 0.717) is 4.17 Å². The van der Waals surface area contributed by atoms with Gasteiger partial charge < -0.3 is 4.90 Å². The van der Waals surface area contributed by atoms with Gasteiger partial charge in [0.05, 0.1) is 0 Å². The monoisotopic (exact) mass is 337 g/mol. The van der Waals surface area contributed by atoms with Crippen LogP contribution in [0.1, 0.15) is 52.4 Å². The Bertz CT molecular complexity index is 208. The number of unbranched alkanes of at least 4 members (excludes halogenated alkanes) is 4. The number of hydrazone groups is 1. The van der Waals surface area contributed by atoms with Gasteiger partial charge in [0.25, 0.3) is 0 Å². The first-order valence-corrected chi connectivity index (χ1v) is 7.74. The molecule has 0 saturated heterocycles. The third kappa shape index (κ3) is 4.47. The van der Waals surface area contributed by atoms with Gasteiger partial charge in [0.15, 0.2) is 4.17 Å². The summed E-state index contributed by atoms with van der Waals surface area (Å²) in [6.07, 6.45) is 9.78. The first-order valence-electron chi connectivity index (χ1n) is 6.50. The maximum absolute atomic E-state index is 4.48. The van der Waals surface area contributed by atoms with Crippen LogP contribution in [0.15, 0.2) is 5.10 Å². The lowest BCUT2D eigenvalue weighted by Gasteiger charge is -2.25. The average molecular weight is 337 g/mol. The van der Waals surface area contributed by atoms with Gasteiger partial charge in [-0.2, -0.15) is 5.10 Å². The lowest BCUT2D eigenvalue weighted by Crippen LogP contribution is -2.35. The fourth-order valence-electron chi connectivity index (χ4n) is 1.78. The number of nitrogens with zero attached hydrogens (tertiary/aromatic N) is 3. The Morgan fingerprint density at radius 1 is 1.06 bits per heavy atom. The van der Waals surface area contributed by atoms with Gasteiger partial charge in [0.1, 0.15) is 6.34 Å². The highest BCUT2D eigenvalue weighted by atomic mass is 127. The van der Waals surface area contributed by atoms with Crippen LogP contribution < -0.4 is 0 Å². The number of rotatable bonds is 8. The van der Waals surface area contributed by atoms with Crippen molar-refractivity contribution in [1.29, 1.82) is 0 Å². The summed E-state index contributed by atoms with van der Waals surface area (Å²) in [6.45, 7) is 6.73. The molecule has 94 valence electrons. The van der Waals surface area contributed by atoms with Gasteiger partial charge in [0, 0.05) is 13.1 Å². The molecule has 1 heterocycles. The topological polar surface area (TPSA) is 18.8 Å². The van der Waals surface area contributed by atoms with Gasteiger partial charge in [-0.1, -0.05) is 39.5 Å². The van der Waals surface area contributed by atoms with Gasteiger partial charge >= 0.3 is 0 Å². The van der Waals surface area contributed by atoms with Gasteiger partial charge in [-0.25, -0.2) is 0 Å². The van der Waals surface area contributed by atoms with Crippen molar-refractivity contribution in [1.82, 2.24) is 9.91 Å². The lowest BCUT2D eigenvalue weighted by atomic mass is 10.2. The molecular formula is C12H24IN3. The smallest absolute Gasteiger partial charge is 0.171 e. The summed E-state index contributed by atoms with van der Waals surface area (Å²) in [5.41, 5.74) is 0. The van der Waals surface area contributed by atoms with Crippen LogP contribution in [-0.4, -0.2) is 33.5 Å². The fourth-order valence-corrected chi connectivity index (χ4v) is 2.63. The Balaban J connectivity index is 2.18. The molecule has 3 nitrogen and oxygen atoms in total. The van der Waals surface area contributed by atoms with Gasteiger partial charge in [0.2, 0.25) is 0 Å². The maximum atomic E-state index is 4.48. The second-order valence-corrected chi connectivity index (χ2v) is 5.47. The van der Waals surface area contributed by atoms with Crippen LogP contribution in [-0.2, 0) is 0 Å². The Morgan fingerprint density at radius 2 is 1.81 bits per heavy atom. The van der Waals surface area contributed by atoms with E-state index in [1.165, 1.54) is 38.5 Å². The number of hydrogen-bond acceptors (Lipinski definition) is 3. The van der Waals surface area contributed by atoms with Crippen molar-refractivity contribution >= 4 is 28.9 Å². The SMILES string of the molecule is CCCCCCN1N=CN(CCCC)C1I. The Labute approximate surface area is 113 Å². The van der Waals surface area contributed by atoms with Crippen LogP contribution >= 0.6 is 22.6 Å². The molecule has 0 aromatic carbocycles. The minimum Gasteiger partial charge on any atom is -0.331 e. The van der Waals surface area contributed by atoms with E-state index in [1.807, 2.05) is 6.34 Å². The molecule has 0 saturated carbocycles. The fraction of sp³-hybridized carbons (Fsp3) is 0.917. The molecule has 0 aromatic heterocycles. The maximum Gasteiger partial charge on any atom is 0.171 e. The molecule has 4 heteroatoms. The van der Waals surface area contributed by atoms with E-state index >= 15 is 0 Å². The summed E-state index contributed by atoms with van der Waals surface area (Å²) in [5, 5.41) is 6.69. The molecule has 1 unspecified atom stereocenters. The Morgan fingerprint density at radius 3 is 2.50 bits per heavy atom. The van der Waals surface area contributed by atoms with Crippen molar-refractivity contribution < 1.29 is 0 Å². The Kier molecular flexibility index (Phi) is 7.16. The van der Waals surface area contributed by atoms with Crippen molar-refractivity contribution in [2.45, 2.75) is 56.5 Å². The van der Waals surface area contributed by atoms with Crippen molar-refractivity contribution in [3.05, 3.63) is 0 Å². The molecular weight excluding hydrogens is 313 g/mol. The van der Waals surface area contributed by atoms with Crippen molar-refractivity contribution in [2.75, 3.05) is 13.1 Å². The molecule has 16 heavy (non-hydrogen) atoms. The van der Waals surface area contributed by atoms with Crippen molar-refractivity contribution in [2.24, 2.45) is 5.10 Å². The second kappa shape index (κ2) is 8.14. The minimum atomic E-state index is 0.436. The largest absolute Gasteiger partial charge is 0.331 e. The zero-order valence-electron chi connectivity index (χ0n) is 10.5. The molecule has 1 aliphatic rings. The first-order chi connectivity index (χ1) is 7.79. The quantitative estimate of drug-likeness (QED) is 0.291. The van der Waals surface area contributed by atoms with E-state index in [-0.39, 0.29) is 0 Å². The second-order valence-electron chi connectivity index (χ2n) is 4.36. The van der Waals surface area contributed by atoms with Crippen molar-refractivity contribution in [3.63, 3.8) is 0 Å². The first kappa shape index (κ1) is 14.1. The summed E-state index contributed by atoms with van der Waals surface area (Å²) >= 11 is 2.48. The van der Waals surface area contributed by atoms with Gasteiger partial charge in [-0.15, -0.1) is 0 Å². The number of hydrogen-bond donors (Lipinski definition) is 0. The zero-order valence-corrected chi connectivity index (χ0v) is 12.7. The van der Waals surface area contributed by atoms with E-state index in [4.69, 9.17) is 0 Å². The molecule has 0 amide bonds. The third-order valence-corrected chi connectivity index (χ3v) is 4.24. The van der Waals surface area contributed by atoms with Crippen LogP contribution in [0, 0.1) is 0 Å². The van der Waals surface area contributed by atoms with Gasteiger partial charge in [-0.05, 0) is 35.4 Å². The molecule has 0 radical (unpaired) electrons. The van der Waals surface area contributed by atoms with Gasteiger partial charge in [-0.3, -0.25) is 5.01 Å². The summed E-state index contributed by atoms with van der Waals surface area (Å²) < 4.78 is 0.436. The number of halogens is 1. The van der Waals surface area contributed by atoms with E-state index in [2.05, 4.69) is 51.4 Å². The molecule has 0 aromatic rings. The highest BCUT2D eigenvalue weighted by Gasteiger charge is 2.23. The molecule has 0 spiro atoms. The van der Waals surface area contributed by atoms with Crippen LogP contribution in [0.3, 0.4) is 0 Å². The van der Waals surface area contributed by atoms with E-state index < -0.39 is 0 Å². The molecule has 1 rings (SSSR count). The molecule has 1 aliphatic heterocycles. The summed E-state index contributed by atoms with van der Waals surface area (Å²) in [4.78, 5) is 2.34. The minimum absolute atomic E-state index is 0.436. The third-order valence-electron chi connectivity index (χ3n) is 2.88. The van der Waals surface area contributed by atoms with Crippen LogP contribution in [0.5, 0.6) is 0 Å².